The molecule has 0 aliphatic carbocycles. The Bertz CT molecular complexity index is 853. The molecule has 2 atom stereocenters. The maximum Gasteiger partial charge on any atom is 0.199 e. The summed E-state index contributed by atoms with van der Waals surface area (Å²) in [4.78, 5) is 12.9. The second-order valence-corrected chi connectivity index (χ2v) is 7.75. The quantitative estimate of drug-likeness (QED) is 0.669. The van der Waals surface area contributed by atoms with E-state index in [1.54, 1.807) is 12.1 Å². The number of phenolic OH excluding ortho intramolecular Hbond substituents is 1. The molecule has 4 rings (SSSR count). The van der Waals surface area contributed by atoms with Crippen LogP contribution >= 0.6 is 0 Å². The number of phenols is 1. The Morgan fingerprint density at radius 1 is 0.900 bits per heavy atom. The number of benzene rings is 2. The highest BCUT2D eigenvalue weighted by Crippen LogP contribution is 2.27. The van der Waals surface area contributed by atoms with Crippen LogP contribution in [0.1, 0.15) is 54.4 Å². The first-order valence-corrected chi connectivity index (χ1v) is 10.7. The van der Waals surface area contributed by atoms with Gasteiger partial charge in [0, 0.05) is 19.3 Å². The van der Waals surface area contributed by atoms with Gasteiger partial charge in [-0.25, -0.2) is 0 Å². The minimum absolute atomic E-state index is 0.0556. The number of aromatic hydroxyl groups is 1. The molecule has 2 fully saturated rings. The van der Waals surface area contributed by atoms with Crippen LogP contribution in [0.2, 0.25) is 0 Å². The zero-order chi connectivity index (χ0) is 20.8. The number of hydrogen-bond acceptors (Lipinski definition) is 6. The summed E-state index contributed by atoms with van der Waals surface area (Å²) < 4.78 is 22.9. The van der Waals surface area contributed by atoms with Crippen molar-refractivity contribution in [2.24, 2.45) is 0 Å². The van der Waals surface area contributed by atoms with E-state index in [9.17, 15) is 9.90 Å². The Hall–Kier alpha value is -2.57. The zero-order valence-corrected chi connectivity index (χ0v) is 17.0. The first-order chi connectivity index (χ1) is 14.7. The van der Waals surface area contributed by atoms with Crippen molar-refractivity contribution in [1.29, 1.82) is 0 Å². The molecule has 2 aromatic carbocycles. The number of ether oxygens (including phenoxy) is 4. The number of carbonyl (C=O) groups excluding carboxylic acids is 1. The van der Waals surface area contributed by atoms with E-state index in [2.05, 4.69) is 0 Å². The highest BCUT2D eigenvalue weighted by atomic mass is 16.7. The van der Waals surface area contributed by atoms with Crippen LogP contribution in [0.15, 0.2) is 42.5 Å². The van der Waals surface area contributed by atoms with Gasteiger partial charge in [0.05, 0.1) is 18.8 Å². The smallest absolute Gasteiger partial charge is 0.199 e. The molecule has 2 saturated heterocycles. The summed E-state index contributed by atoms with van der Waals surface area (Å²) in [7, 11) is 0. The Labute approximate surface area is 176 Å². The monoisotopic (exact) mass is 412 g/mol. The SMILES string of the molecule is O=C(Cc1cccc(O[C@H]2CCCCO2)c1)c1cc(O[C@H]2CCCCO2)ccc1O. The lowest BCUT2D eigenvalue weighted by atomic mass is 10.0. The Kier molecular flexibility index (Phi) is 6.87. The van der Waals surface area contributed by atoms with Gasteiger partial charge in [-0.1, -0.05) is 12.1 Å². The van der Waals surface area contributed by atoms with Gasteiger partial charge >= 0.3 is 0 Å². The van der Waals surface area contributed by atoms with Gasteiger partial charge in [0.1, 0.15) is 17.2 Å². The van der Waals surface area contributed by atoms with Crippen LogP contribution in [0.5, 0.6) is 17.2 Å². The third-order valence-corrected chi connectivity index (χ3v) is 5.34. The lowest BCUT2D eigenvalue weighted by Crippen LogP contribution is -2.25. The molecule has 6 nitrogen and oxygen atoms in total. The average Bonchev–Trinajstić information content (AvgIpc) is 2.77. The van der Waals surface area contributed by atoms with Crippen molar-refractivity contribution in [3.05, 3.63) is 53.6 Å². The predicted molar refractivity (Wildman–Crippen MR) is 111 cm³/mol. The fraction of sp³-hybridized carbons (Fsp3) is 0.458. The lowest BCUT2D eigenvalue weighted by Gasteiger charge is -2.24. The Balaban J connectivity index is 1.41. The van der Waals surface area contributed by atoms with E-state index in [0.717, 1.165) is 44.1 Å². The fourth-order valence-electron chi connectivity index (χ4n) is 3.73. The van der Waals surface area contributed by atoms with Crippen molar-refractivity contribution in [2.75, 3.05) is 13.2 Å². The number of Topliss-reactive ketones (excluding diaryl/α,β-unsaturated/α-hetero) is 1. The van der Waals surface area contributed by atoms with Gasteiger partial charge in [-0.15, -0.1) is 0 Å². The number of hydrogen-bond donors (Lipinski definition) is 1. The van der Waals surface area contributed by atoms with Gasteiger partial charge in [0.2, 0.25) is 0 Å². The van der Waals surface area contributed by atoms with Crippen molar-refractivity contribution in [3.63, 3.8) is 0 Å². The zero-order valence-electron chi connectivity index (χ0n) is 17.0. The normalized spacial score (nSPS) is 21.7. The number of ketones is 1. The minimum Gasteiger partial charge on any atom is -0.507 e. The van der Waals surface area contributed by atoms with Gasteiger partial charge in [0.25, 0.3) is 0 Å². The molecule has 30 heavy (non-hydrogen) atoms. The van der Waals surface area contributed by atoms with Gasteiger partial charge in [-0.2, -0.15) is 0 Å². The molecular weight excluding hydrogens is 384 g/mol. The molecule has 0 amide bonds. The molecule has 0 saturated carbocycles. The van der Waals surface area contributed by atoms with Crippen LogP contribution in [0.4, 0.5) is 0 Å². The molecule has 0 bridgehead atoms. The number of rotatable bonds is 7. The van der Waals surface area contributed by atoms with Crippen molar-refractivity contribution < 1.29 is 28.8 Å². The summed E-state index contributed by atoms with van der Waals surface area (Å²) in [5, 5.41) is 10.2. The summed E-state index contributed by atoms with van der Waals surface area (Å²) in [6.45, 7) is 1.39. The van der Waals surface area contributed by atoms with E-state index in [1.165, 1.54) is 6.07 Å². The first-order valence-electron chi connectivity index (χ1n) is 10.7. The lowest BCUT2D eigenvalue weighted by molar-refractivity contribution is -0.106. The van der Waals surface area contributed by atoms with Crippen LogP contribution in [0.25, 0.3) is 0 Å². The minimum atomic E-state index is -0.304. The highest BCUT2D eigenvalue weighted by molar-refractivity contribution is 6.00. The third kappa shape index (κ3) is 5.52. The van der Waals surface area contributed by atoms with Gasteiger partial charge in [0.15, 0.2) is 18.4 Å². The molecule has 0 unspecified atom stereocenters. The average molecular weight is 412 g/mol. The van der Waals surface area contributed by atoms with E-state index in [-0.39, 0.29) is 36.1 Å². The van der Waals surface area contributed by atoms with Crippen LogP contribution in [0, 0.1) is 0 Å². The standard InChI is InChI=1S/C24H28O6/c25-21-11-10-19(30-24-9-2-4-13-28-24)16-20(21)22(26)15-17-6-5-7-18(14-17)29-23-8-1-3-12-27-23/h5-7,10-11,14,16,23-25H,1-4,8-9,12-13,15H2/t23-,24-/m0/s1. The van der Waals surface area contributed by atoms with Gasteiger partial charge in [-0.3, -0.25) is 4.79 Å². The molecule has 2 aromatic rings. The van der Waals surface area contributed by atoms with Crippen LogP contribution < -0.4 is 9.47 Å². The van der Waals surface area contributed by atoms with E-state index >= 15 is 0 Å². The summed E-state index contributed by atoms with van der Waals surface area (Å²) in [5.41, 5.74) is 1.06. The van der Waals surface area contributed by atoms with Crippen molar-refractivity contribution in [2.45, 2.75) is 57.5 Å². The van der Waals surface area contributed by atoms with E-state index in [0.29, 0.717) is 24.7 Å². The summed E-state index contributed by atoms with van der Waals surface area (Å²) in [6, 6.07) is 12.2. The second-order valence-electron chi connectivity index (χ2n) is 7.75. The van der Waals surface area contributed by atoms with Crippen LogP contribution in [-0.4, -0.2) is 36.7 Å². The van der Waals surface area contributed by atoms with Crippen LogP contribution in [-0.2, 0) is 15.9 Å². The second kappa shape index (κ2) is 9.96. The van der Waals surface area contributed by atoms with Crippen LogP contribution in [0.3, 0.4) is 0 Å². The fourth-order valence-corrected chi connectivity index (χ4v) is 3.73. The Morgan fingerprint density at radius 2 is 1.57 bits per heavy atom. The molecule has 0 radical (unpaired) electrons. The molecule has 1 N–H and O–H groups in total. The topological polar surface area (TPSA) is 74.2 Å². The summed E-state index contributed by atoms with van der Waals surface area (Å²) in [5.74, 6) is 0.964. The van der Waals surface area contributed by atoms with Gasteiger partial charge in [-0.05, 0) is 61.6 Å². The molecule has 2 aliphatic rings. The highest BCUT2D eigenvalue weighted by Gasteiger charge is 2.19. The van der Waals surface area contributed by atoms with Crippen molar-refractivity contribution in [3.8, 4) is 17.2 Å². The third-order valence-electron chi connectivity index (χ3n) is 5.34. The van der Waals surface area contributed by atoms with E-state index in [1.807, 2.05) is 24.3 Å². The molecular formula is C24H28O6. The predicted octanol–water partition coefficient (Wildman–Crippen LogP) is 4.63. The maximum absolute atomic E-state index is 12.9. The molecule has 0 spiro atoms. The van der Waals surface area contributed by atoms with Gasteiger partial charge < -0.3 is 24.1 Å². The Morgan fingerprint density at radius 3 is 2.20 bits per heavy atom. The maximum atomic E-state index is 12.9. The molecule has 6 heteroatoms. The molecule has 2 aliphatic heterocycles. The number of carbonyl (C=O) groups is 1. The molecule has 160 valence electrons. The van der Waals surface area contributed by atoms with E-state index in [4.69, 9.17) is 18.9 Å². The molecule has 0 aromatic heterocycles. The molecule has 2 heterocycles. The van der Waals surface area contributed by atoms with Crippen molar-refractivity contribution in [1.82, 2.24) is 0 Å². The summed E-state index contributed by atoms with van der Waals surface area (Å²) in [6.07, 6.45) is 5.55. The largest absolute Gasteiger partial charge is 0.507 e. The summed E-state index contributed by atoms with van der Waals surface area (Å²) >= 11 is 0. The first kappa shape index (κ1) is 20.7. The van der Waals surface area contributed by atoms with Crippen molar-refractivity contribution >= 4 is 5.78 Å². The van der Waals surface area contributed by atoms with E-state index < -0.39 is 0 Å².